The van der Waals surface area contributed by atoms with Gasteiger partial charge < -0.3 is 10.1 Å². The van der Waals surface area contributed by atoms with Crippen LogP contribution in [0.4, 0.5) is 5.69 Å². The van der Waals surface area contributed by atoms with Gasteiger partial charge in [-0.25, -0.2) is 9.48 Å². The second kappa shape index (κ2) is 8.14. The maximum atomic E-state index is 12.5. The Morgan fingerprint density at radius 1 is 1.14 bits per heavy atom. The Balaban J connectivity index is 1.79. The topological polar surface area (TPSA) is 114 Å². The minimum atomic E-state index is -0.817. The molecule has 1 aromatic heterocycles. The molecule has 0 bridgehead atoms. The number of para-hydroxylation sites is 1. The second-order valence-corrected chi connectivity index (χ2v) is 5.80. The summed E-state index contributed by atoms with van der Waals surface area (Å²) in [5, 5.41) is 16.3. The number of carbonyl (C=O) groups is 2. The highest BCUT2D eigenvalue weighted by Gasteiger charge is 2.19. The van der Waals surface area contributed by atoms with Crippen molar-refractivity contribution in [3.63, 3.8) is 0 Å². The average Bonchev–Trinajstić information content (AvgIpc) is 2.73. The Kier molecular flexibility index (Phi) is 5.46. The zero-order valence-corrected chi connectivity index (χ0v) is 15.0. The van der Waals surface area contributed by atoms with Crippen LogP contribution in [0.5, 0.6) is 0 Å². The lowest BCUT2D eigenvalue weighted by molar-refractivity contribution is -0.119. The number of benzene rings is 2. The fourth-order valence-corrected chi connectivity index (χ4v) is 2.68. The van der Waals surface area contributed by atoms with Crippen LogP contribution < -0.4 is 10.9 Å². The van der Waals surface area contributed by atoms with Crippen molar-refractivity contribution in [2.45, 2.75) is 13.5 Å². The summed E-state index contributed by atoms with van der Waals surface area (Å²) in [6.45, 7) is 1.47. The quantitative estimate of drug-likeness (QED) is 0.682. The minimum Gasteiger partial charge on any atom is -0.451 e. The molecule has 0 saturated carbocycles. The number of fused-ring (bicyclic) bond motifs is 1. The van der Waals surface area contributed by atoms with E-state index in [1.807, 2.05) is 6.07 Å². The molecule has 0 fully saturated rings. The van der Waals surface area contributed by atoms with Crippen LogP contribution in [0.15, 0.2) is 53.3 Å². The molecule has 3 aromatic rings. The largest absolute Gasteiger partial charge is 0.451 e. The molecule has 140 valence electrons. The molecular weight excluding hydrogens is 360 g/mol. The molecule has 1 heterocycles. The van der Waals surface area contributed by atoms with Crippen LogP contribution in [0, 0.1) is 11.3 Å². The number of hydrogen-bond donors (Lipinski definition) is 1. The fourth-order valence-electron chi connectivity index (χ4n) is 2.68. The number of aryl methyl sites for hydroxylation is 1. The Labute approximate surface area is 160 Å². The average molecular weight is 376 g/mol. The van der Waals surface area contributed by atoms with Crippen molar-refractivity contribution in [2.75, 3.05) is 11.9 Å². The van der Waals surface area contributed by atoms with Gasteiger partial charge in [0.25, 0.3) is 11.5 Å². The predicted octanol–water partition coefficient (Wildman–Crippen LogP) is 2.08. The zero-order valence-electron chi connectivity index (χ0n) is 15.0. The Morgan fingerprint density at radius 2 is 1.82 bits per heavy atom. The molecule has 0 aliphatic rings. The lowest BCUT2D eigenvalue weighted by atomic mass is 10.1. The van der Waals surface area contributed by atoms with E-state index in [0.717, 1.165) is 0 Å². The van der Waals surface area contributed by atoms with Gasteiger partial charge in [-0.3, -0.25) is 9.59 Å². The number of rotatable bonds is 5. The predicted molar refractivity (Wildman–Crippen MR) is 102 cm³/mol. The summed E-state index contributed by atoms with van der Waals surface area (Å²) in [7, 11) is 0. The van der Waals surface area contributed by atoms with Crippen molar-refractivity contribution in [3.05, 3.63) is 70.1 Å². The molecule has 8 nitrogen and oxygen atoms in total. The first kappa shape index (κ1) is 18.8. The van der Waals surface area contributed by atoms with Crippen molar-refractivity contribution in [1.29, 1.82) is 5.26 Å². The molecule has 1 amide bonds. The first-order chi connectivity index (χ1) is 13.5. The van der Waals surface area contributed by atoms with Crippen LogP contribution in [0.3, 0.4) is 0 Å². The molecule has 8 heteroatoms. The van der Waals surface area contributed by atoms with Gasteiger partial charge in [-0.1, -0.05) is 30.3 Å². The summed E-state index contributed by atoms with van der Waals surface area (Å²) in [6.07, 6.45) is 0. The van der Waals surface area contributed by atoms with E-state index >= 15 is 0 Å². The molecule has 0 aliphatic carbocycles. The van der Waals surface area contributed by atoms with Gasteiger partial charge in [0, 0.05) is 11.9 Å². The third-order valence-corrected chi connectivity index (χ3v) is 4.02. The number of ether oxygens (including phenoxy) is 1. The van der Waals surface area contributed by atoms with E-state index < -0.39 is 18.5 Å². The van der Waals surface area contributed by atoms with E-state index in [9.17, 15) is 14.4 Å². The Morgan fingerprint density at radius 3 is 2.54 bits per heavy atom. The summed E-state index contributed by atoms with van der Waals surface area (Å²) < 4.78 is 6.24. The normalized spacial score (nSPS) is 10.3. The van der Waals surface area contributed by atoms with Gasteiger partial charge in [-0.05, 0) is 25.1 Å². The maximum absolute atomic E-state index is 12.5. The van der Waals surface area contributed by atoms with Crippen LogP contribution in [-0.2, 0) is 16.1 Å². The summed E-state index contributed by atoms with van der Waals surface area (Å²) in [6, 6.07) is 15.0. The molecule has 0 aliphatic heterocycles. The van der Waals surface area contributed by atoms with Crippen molar-refractivity contribution < 1.29 is 14.3 Å². The third-order valence-electron chi connectivity index (χ3n) is 4.02. The van der Waals surface area contributed by atoms with Crippen molar-refractivity contribution in [2.24, 2.45) is 0 Å². The number of amides is 1. The van der Waals surface area contributed by atoms with Crippen LogP contribution in [0.2, 0.25) is 0 Å². The lowest BCUT2D eigenvalue weighted by Gasteiger charge is -2.10. The number of hydrogen-bond acceptors (Lipinski definition) is 6. The fraction of sp³-hybridized carbons (Fsp3) is 0.150. The molecule has 1 N–H and O–H groups in total. The van der Waals surface area contributed by atoms with Gasteiger partial charge in [0.05, 0.1) is 16.6 Å². The number of nitrogens with zero attached hydrogens (tertiary/aromatic N) is 3. The number of aromatic nitrogens is 2. The first-order valence-corrected chi connectivity index (χ1v) is 8.51. The third kappa shape index (κ3) is 3.73. The van der Waals surface area contributed by atoms with Crippen molar-refractivity contribution >= 4 is 28.3 Å². The van der Waals surface area contributed by atoms with Gasteiger partial charge in [0.15, 0.2) is 12.3 Å². The number of carbonyl (C=O) groups excluding carboxylic acids is 2. The van der Waals surface area contributed by atoms with Crippen molar-refractivity contribution in [3.8, 4) is 6.07 Å². The maximum Gasteiger partial charge on any atom is 0.359 e. The number of anilines is 1. The number of esters is 1. The summed E-state index contributed by atoms with van der Waals surface area (Å²) >= 11 is 0. The highest BCUT2D eigenvalue weighted by atomic mass is 16.5. The Bertz CT molecular complexity index is 1160. The summed E-state index contributed by atoms with van der Waals surface area (Å²) in [4.78, 5) is 36.9. The molecule has 0 atom stereocenters. The molecule has 28 heavy (non-hydrogen) atoms. The molecule has 2 aromatic carbocycles. The van der Waals surface area contributed by atoms with Gasteiger partial charge in [0.2, 0.25) is 0 Å². The van der Waals surface area contributed by atoms with E-state index in [4.69, 9.17) is 10.00 Å². The molecule has 0 radical (unpaired) electrons. The van der Waals surface area contributed by atoms with Crippen molar-refractivity contribution in [1.82, 2.24) is 9.78 Å². The van der Waals surface area contributed by atoms with Gasteiger partial charge >= 0.3 is 5.97 Å². The van der Waals surface area contributed by atoms with E-state index in [-0.39, 0.29) is 17.8 Å². The smallest absolute Gasteiger partial charge is 0.359 e. The highest BCUT2D eigenvalue weighted by Crippen LogP contribution is 2.15. The highest BCUT2D eigenvalue weighted by molar-refractivity contribution is 6.03. The lowest BCUT2D eigenvalue weighted by Crippen LogP contribution is -2.27. The summed E-state index contributed by atoms with van der Waals surface area (Å²) in [5.74, 6) is -1.41. The van der Waals surface area contributed by atoms with E-state index in [2.05, 4.69) is 10.4 Å². The van der Waals surface area contributed by atoms with Gasteiger partial charge in [0.1, 0.15) is 6.07 Å². The van der Waals surface area contributed by atoms with Crippen LogP contribution >= 0.6 is 0 Å². The molecular formula is C20H16N4O4. The molecule has 0 spiro atoms. The standard InChI is InChI=1S/C20H16N4O4/c1-2-24-19(26)15-9-5-4-8-14(15)18(23-24)20(27)28-12-17(25)22-16-10-6-3-7-13(16)11-21/h3-10H,2,12H2,1H3,(H,22,25). The Hall–Kier alpha value is -3.99. The van der Waals surface area contributed by atoms with E-state index in [1.165, 1.54) is 4.68 Å². The van der Waals surface area contributed by atoms with Crippen LogP contribution in [0.25, 0.3) is 10.8 Å². The molecule has 3 rings (SSSR count). The first-order valence-electron chi connectivity index (χ1n) is 8.51. The number of nitriles is 1. The zero-order chi connectivity index (χ0) is 20.1. The monoisotopic (exact) mass is 376 g/mol. The summed E-state index contributed by atoms with van der Waals surface area (Å²) in [5.41, 5.74) is 0.279. The molecule has 0 saturated heterocycles. The minimum absolute atomic E-state index is 0.0396. The second-order valence-electron chi connectivity index (χ2n) is 5.80. The van der Waals surface area contributed by atoms with Gasteiger partial charge in [-0.2, -0.15) is 10.4 Å². The van der Waals surface area contributed by atoms with Gasteiger partial charge in [-0.15, -0.1) is 0 Å². The van der Waals surface area contributed by atoms with E-state index in [0.29, 0.717) is 22.0 Å². The number of nitrogens with one attached hydrogen (secondary N) is 1. The van der Waals surface area contributed by atoms with Crippen LogP contribution in [-0.4, -0.2) is 28.3 Å². The van der Waals surface area contributed by atoms with E-state index in [1.54, 1.807) is 55.5 Å². The van der Waals surface area contributed by atoms with Crippen LogP contribution in [0.1, 0.15) is 23.0 Å². The molecule has 0 unspecified atom stereocenters. The SMILES string of the molecule is CCn1nc(C(=O)OCC(=O)Nc2ccccc2C#N)c2ccccc2c1=O.